The van der Waals surface area contributed by atoms with Crippen LogP contribution in [0.15, 0.2) is 42.2 Å². The summed E-state index contributed by atoms with van der Waals surface area (Å²) in [5, 5.41) is 31.3. The van der Waals surface area contributed by atoms with E-state index in [-0.39, 0.29) is 46.9 Å². The van der Waals surface area contributed by atoms with E-state index in [2.05, 4.69) is 15.3 Å². The summed E-state index contributed by atoms with van der Waals surface area (Å²) in [5.74, 6) is 0.349. The van der Waals surface area contributed by atoms with E-state index in [1.165, 1.54) is 33.5 Å². The Balaban J connectivity index is 1.38. The van der Waals surface area contributed by atoms with Gasteiger partial charge >= 0.3 is 12.2 Å². The standard InChI is InChI=1S/C30H37F3N6O5S/c1-39(27-21-13-20(15-30(31,32)33)45-28(21)38-29(37-27)43-4)23-11-19(12-24(23)40)36-16-17-5-7-18(8-6-17)22(34)14-25(42-3)26(35)44-10-9-41-2/h5-8,13-14,19,23-24,34-36,40H,9-12,15-16H2,1-4H3/b25-14+,34-22?,35-26?/t19-,23+,24-/m1/s1. The summed E-state index contributed by atoms with van der Waals surface area (Å²) in [6.07, 6.45) is -3.61. The lowest BCUT2D eigenvalue weighted by molar-refractivity contribution is -0.126. The second-order valence-electron chi connectivity index (χ2n) is 10.5. The van der Waals surface area contributed by atoms with Gasteiger partial charge in [0.05, 0.1) is 50.5 Å². The van der Waals surface area contributed by atoms with Crippen LogP contribution >= 0.6 is 11.3 Å². The molecule has 3 atom stereocenters. The van der Waals surface area contributed by atoms with Gasteiger partial charge in [-0.3, -0.25) is 5.41 Å². The number of aromatic nitrogens is 2. The van der Waals surface area contributed by atoms with Crippen LogP contribution in [0, 0.1) is 10.8 Å². The number of benzene rings is 1. The lowest BCUT2D eigenvalue weighted by Gasteiger charge is -2.28. The Morgan fingerprint density at radius 3 is 2.51 bits per heavy atom. The van der Waals surface area contributed by atoms with Gasteiger partial charge in [0.2, 0.25) is 5.90 Å². The fourth-order valence-corrected chi connectivity index (χ4v) is 6.15. The summed E-state index contributed by atoms with van der Waals surface area (Å²) in [4.78, 5) is 11.0. The number of likely N-dealkylation sites (N-methyl/N-ethyl adjacent to an activating group) is 1. The quantitative estimate of drug-likeness (QED) is 0.0860. The first-order valence-corrected chi connectivity index (χ1v) is 14.9. The van der Waals surface area contributed by atoms with Crippen molar-refractivity contribution in [1.82, 2.24) is 15.3 Å². The van der Waals surface area contributed by atoms with Gasteiger partial charge in [-0.1, -0.05) is 24.3 Å². The first-order chi connectivity index (χ1) is 21.4. The lowest BCUT2D eigenvalue weighted by Crippen LogP contribution is -2.38. The van der Waals surface area contributed by atoms with Gasteiger partial charge in [0, 0.05) is 37.7 Å². The SMILES string of the molecule is COCCOC(=N)/C(=C\C(=N)c1ccc(CN[C@H]2C[C@@H](O)[C@@H](N(C)c3nc(OC)nc4sc(CC(F)(F)F)cc34)C2)cc1)OC. The van der Waals surface area contributed by atoms with Gasteiger partial charge < -0.3 is 39.7 Å². The summed E-state index contributed by atoms with van der Waals surface area (Å²) in [7, 11) is 6.11. The number of halogens is 3. The number of allylic oxidation sites excluding steroid dienone is 1. The largest absolute Gasteiger partial charge is 0.491 e. The average molecular weight is 651 g/mol. The first-order valence-electron chi connectivity index (χ1n) is 14.1. The Kier molecular flexibility index (Phi) is 11.4. The molecule has 244 valence electrons. The molecule has 11 nitrogen and oxygen atoms in total. The Labute approximate surface area is 263 Å². The van der Waals surface area contributed by atoms with Crippen molar-refractivity contribution < 1.29 is 37.2 Å². The van der Waals surface area contributed by atoms with Gasteiger partial charge in [0.1, 0.15) is 17.3 Å². The van der Waals surface area contributed by atoms with Gasteiger partial charge in [-0.15, -0.1) is 11.3 Å². The van der Waals surface area contributed by atoms with Gasteiger partial charge in [-0.25, -0.2) is 0 Å². The van der Waals surface area contributed by atoms with Crippen LogP contribution in [0.25, 0.3) is 10.2 Å². The van der Waals surface area contributed by atoms with Crippen LogP contribution in [0.5, 0.6) is 6.01 Å². The number of thiophene rings is 1. The molecule has 45 heavy (non-hydrogen) atoms. The Morgan fingerprint density at radius 2 is 1.87 bits per heavy atom. The highest BCUT2D eigenvalue weighted by Crippen LogP contribution is 2.37. The molecule has 0 amide bonds. The smallest absolute Gasteiger partial charge is 0.393 e. The van der Waals surface area contributed by atoms with Crippen molar-refractivity contribution in [3.8, 4) is 6.01 Å². The zero-order chi connectivity index (χ0) is 32.7. The first kappa shape index (κ1) is 34.1. The maximum Gasteiger partial charge on any atom is 0.393 e. The zero-order valence-corrected chi connectivity index (χ0v) is 26.2. The summed E-state index contributed by atoms with van der Waals surface area (Å²) in [5.41, 5.74) is 1.76. The molecule has 0 bridgehead atoms. The molecular weight excluding hydrogens is 613 g/mol. The van der Waals surface area contributed by atoms with Crippen molar-refractivity contribution in [1.29, 1.82) is 10.8 Å². The van der Waals surface area contributed by atoms with Crippen LogP contribution in [-0.2, 0) is 27.2 Å². The number of fused-ring (bicyclic) bond motifs is 1. The number of ether oxygens (including phenoxy) is 4. The predicted molar refractivity (Wildman–Crippen MR) is 166 cm³/mol. The summed E-state index contributed by atoms with van der Waals surface area (Å²) < 4.78 is 59.8. The number of methoxy groups -OCH3 is 3. The van der Waals surface area contributed by atoms with Crippen LogP contribution in [0.3, 0.4) is 0 Å². The van der Waals surface area contributed by atoms with E-state index in [0.717, 1.165) is 16.9 Å². The summed E-state index contributed by atoms with van der Waals surface area (Å²) >= 11 is 0.952. The highest BCUT2D eigenvalue weighted by Gasteiger charge is 2.37. The maximum absolute atomic E-state index is 13.1. The van der Waals surface area contributed by atoms with Crippen molar-refractivity contribution >= 4 is 39.0 Å². The van der Waals surface area contributed by atoms with E-state index in [0.29, 0.717) is 47.6 Å². The van der Waals surface area contributed by atoms with E-state index in [9.17, 15) is 18.3 Å². The topological polar surface area (TPSA) is 146 Å². The fraction of sp³-hybridized carbons (Fsp3) is 0.467. The number of nitrogens with one attached hydrogen (secondary N) is 3. The second-order valence-corrected chi connectivity index (χ2v) is 11.7. The molecular formula is C30H37F3N6O5S. The molecule has 1 aliphatic rings. The van der Waals surface area contributed by atoms with Crippen molar-refractivity contribution in [3.05, 3.63) is 58.2 Å². The highest BCUT2D eigenvalue weighted by atomic mass is 32.1. The van der Waals surface area contributed by atoms with Crippen molar-refractivity contribution in [2.24, 2.45) is 0 Å². The van der Waals surface area contributed by atoms with Gasteiger partial charge in [0.25, 0.3) is 0 Å². The van der Waals surface area contributed by atoms with Gasteiger partial charge in [0.15, 0.2) is 5.76 Å². The lowest BCUT2D eigenvalue weighted by atomic mass is 10.1. The molecule has 15 heteroatoms. The number of aliphatic hydroxyl groups is 1. The molecule has 1 fully saturated rings. The number of nitrogens with zero attached hydrogens (tertiary/aromatic N) is 3. The van der Waals surface area contributed by atoms with E-state index in [1.54, 1.807) is 24.1 Å². The van der Waals surface area contributed by atoms with Crippen LogP contribution in [0.1, 0.15) is 28.8 Å². The summed E-state index contributed by atoms with van der Waals surface area (Å²) in [6, 6.07) is 8.55. The molecule has 0 unspecified atom stereocenters. The van der Waals surface area contributed by atoms with Crippen LogP contribution in [-0.4, -0.2) is 92.6 Å². The molecule has 2 aromatic heterocycles. The van der Waals surface area contributed by atoms with Crippen molar-refractivity contribution in [2.75, 3.05) is 46.5 Å². The Bertz CT molecular complexity index is 1510. The van der Waals surface area contributed by atoms with E-state index in [1.807, 2.05) is 12.1 Å². The molecule has 3 aromatic rings. The van der Waals surface area contributed by atoms with E-state index in [4.69, 9.17) is 29.8 Å². The molecule has 0 radical (unpaired) electrons. The molecule has 4 N–H and O–H groups in total. The van der Waals surface area contributed by atoms with Crippen LogP contribution in [0.2, 0.25) is 0 Å². The monoisotopic (exact) mass is 650 g/mol. The third-order valence-corrected chi connectivity index (χ3v) is 8.43. The fourth-order valence-electron chi connectivity index (χ4n) is 5.11. The normalized spacial score (nSPS) is 18.7. The second kappa shape index (κ2) is 15.0. The molecule has 2 heterocycles. The average Bonchev–Trinajstić information content (AvgIpc) is 3.58. The van der Waals surface area contributed by atoms with Gasteiger partial charge in [-0.05, 0) is 30.0 Å². The molecule has 1 aliphatic carbocycles. The third-order valence-electron chi connectivity index (χ3n) is 7.40. The van der Waals surface area contributed by atoms with Gasteiger partial charge in [-0.2, -0.15) is 23.1 Å². The Hall–Kier alpha value is -3.79. The minimum Gasteiger partial charge on any atom is -0.491 e. The zero-order valence-electron chi connectivity index (χ0n) is 25.4. The summed E-state index contributed by atoms with van der Waals surface area (Å²) in [6.45, 7) is 1.05. The molecule has 0 spiro atoms. The number of hydrogen-bond acceptors (Lipinski definition) is 12. The molecule has 0 aliphatic heterocycles. The number of aliphatic hydroxyl groups excluding tert-OH is 1. The molecule has 0 saturated heterocycles. The molecule has 4 rings (SSSR count). The van der Waals surface area contributed by atoms with Crippen molar-refractivity contribution in [3.63, 3.8) is 0 Å². The minimum absolute atomic E-state index is 0.0239. The van der Waals surface area contributed by atoms with Crippen LogP contribution in [0.4, 0.5) is 19.0 Å². The van der Waals surface area contributed by atoms with Crippen LogP contribution < -0.4 is 15.0 Å². The van der Waals surface area contributed by atoms with E-state index < -0.39 is 18.7 Å². The number of alkyl halides is 3. The number of rotatable bonds is 14. The highest BCUT2D eigenvalue weighted by molar-refractivity contribution is 7.18. The Morgan fingerprint density at radius 1 is 1.13 bits per heavy atom. The number of hydrogen-bond donors (Lipinski definition) is 4. The predicted octanol–water partition coefficient (Wildman–Crippen LogP) is 4.46. The maximum atomic E-state index is 13.1. The minimum atomic E-state index is -4.35. The third kappa shape index (κ3) is 8.90. The number of anilines is 1. The molecule has 1 saturated carbocycles. The van der Waals surface area contributed by atoms with E-state index >= 15 is 0 Å². The molecule has 1 aromatic carbocycles. The van der Waals surface area contributed by atoms with Crippen molar-refractivity contribution in [2.45, 2.75) is 50.2 Å².